The van der Waals surface area contributed by atoms with Gasteiger partial charge in [0, 0.05) is 12.0 Å². The second kappa shape index (κ2) is 5.76. The summed E-state index contributed by atoms with van der Waals surface area (Å²) in [6.07, 6.45) is 3.52. The smallest absolute Gasteiger partial charge is 0.271 e. The van der Waals surface area contributed by atoms with Crippen molar-refractivity contribution >= 4 is 11.7 Å². The molecule has 108 valence electrons. The molecule has 0 spiro atoms. The van der Waals surface area contributed by atoms with Crippen molar-refractivity contribution in [3.05, 3.63) is 47.9 Å². The van der Waals surface area contributed by atoms with Crippen LogP contribution >= 0.6 is 0 Å². The van der Waals surface area contributed by atoms with Crippen LogP contribution in [-0.4, -0.2) is 22.5 Å². The Morgan fingerprint density at radius 1 is 1.29 bits per heavy atom. The van der Waals surface area contributed by atoms with E-state index >= 15 is 0 Å². The fourth-order valence-corrected chi connectivity index (χ4v) is 2.24. The Balaban J connectivity index is 1.76. The summed E-state index contributed by atoms with van der Waals surface area (Å²) in [5.74, 6) is 6.15. The van der Waals surface area contributed by atoms with E-state index < -0.39 is 0 Å². The molecule has 0 aliphatic carbocycles. The lowest BCUT2D eigenvalue weighted by atomic mass is 10.0. The van der Waals surface area contributed by atoms with E-state index in [1.54, 1.807) is 0 Å². The Bertz CT molecular complexity index is 644. The number of anilines is 1. The van der Waals surface area contributed by atoms with Crippen molar-refractivity contribution in [1.82, 2.24) is 15.3 Å². The first-order valence-corrected chi connectivity index (χ1v) is 6.59. The van der Waals surface area contributed by atoms with Gasteiger partial charge in [-0.25, -0.2) is 15.8 Å². The zero-order valence-electron chi connectivity index (χ0n) is 11.2. The average Bonchev–Trinajstić information content (AvgIpc) is 2.55. The highest BCUT2D eigenvalue weighted by atomic mass is 16.5. The number of nitrogen functional groups attached to an aromatic ring is 1. The van der Waals surface area contributed by atoms with Gasteiger partial charge in [0.25, 0.3) is 5.91 Å². The van der Waals surface area contributed by atoms with E-state index in [1.165, 1.54) is 12.4 Å². The lowest BCUT2D eigenvalue weighted by molar-refractivity contribution is 0.0919. The first-order valence-electron chi connectivity index (χ1n) is 6.59. The molecule has 1 amide bonds. The van der Waals surface area contributed by atoms with Gasteiger partial charge in [0.15, 0.2) is 5.82 Å². The molecule has 1 aromatic heterocycles. The van der Waals surface area contributed by atoms with Crippen LogP contribution in [-0.2, 0) is 0 Å². The fourth-order valence-electron chi connectivity index (χ4n) is 2.24. The number of aromatic nitrogens is 2. The molecule has 7 nitrogen and oxygen atoms in total. The van der Waals surface area contributed by atoms with Crippen LogP contribution in [0.2, 0.25) is 0 Å². The van der Waals surface area contributed by atoms with Crippen LogP contribution in [0.15, 0.2) is 36.7 Å². The number of nitrogens with one attached hydrogen (secondary N) is 2. The molecule has 1 atom stereocenters. The first kappa shape index (κ1) is 13.3. The van der Waals surface area contributed by atoms with Crippen molar-refractivity contribution in [2.45, 2.75) is 12.5 Å². The lowest BCUT2D eigenvalue weighted by Crippen LogP contribution is -2.32. The number of benzene rings is 1. The van der Waals surface area contributed by atoms with E-state index in [4.69, 9.17) is 10.6 Å². The third kappa shape index (κ3) is 2.77. The second-order valence-electron chi connectivity index (χ2n) is 4.63. The molecule has 0 radical (unpaired) electrons. The molecule has 2 heterocycles. The maximum Gasteiger partial charge on any atom is 0.271 e. The molecule has 4 N–H and O–H groups in total. The van der Waals surface area contributed by atoms with Crippen LogP contribution in [0.25, 0.3) is 0 Å². The van der Waals surface area contributed by atoms with Gasteiger partial charge < -0.3 is 15.5 Å². The third-order valence-electron chi connectivity index (χ3n) is 3.30. The maximum absolute atomic E-state index is 12.2. The van der Waals surface area contributed by atoms with Crippen LogP contribution in [0, 0.1) is 0 Å². The van der Waals surface area contributed by atoms with Crippen LogP contribution in [0.1, 0.15) is 28.5 Å². The number of hydrogen-bond donors (Lipinski definition) is 3. The Hall–Kier alpha value is -2.67. The van der Waals surface area contributed by atoms with Crippen LogP contribution in [0.3, 0.4) is 0 Å². The zero-order valence-corrected chi connectivity index (χ0v) is 11.2. The van der Waals surface area contributed by atoms with E-state index in [0.29, 0.717) is 12.4 Å². The van der Waals surface area contributed by atoms with E-state index in [2.05, 4.69) is 20.7 Å². The highest BCUT2D eigenvalue weighted by Gasteiger charge is 2.23. The largest absolute Gasteiger partial charge is 0.493 e. The SMILES string of the molecule is NNc1cnc(C(=O)NC2CCOc3ccccc32)cn1. The number of rotatable bonds is 3. The monoisotopic (exact) mass is 285 g/mol. The Kier molecular flexibility index (Phi) is 3.65. The van der Waals surface area contributed by atoms with E-state index in [1.807, 2.05) is 24.3 Å². The number of fused-ring (bicyclic) bond motifs is 1. The summed E-state index contributed by atoms with van der Waals surface area (Å²) >= 11 is 0. The van der Waals surface area contributed by atoms with Crippen molar-refractivity contribution in [3.8, 4) is 5.75 Å². The van der Waals surface area contributed by atoms with Gasteiger partial charge >= 0.3 is 0 Å². The minimum Gasteiger partial charge on any atom is -0.493 e. The fraction of sp³-hybridized carbons (Fsp3) is 0.214. The summed E-state index contributed by atoms with van der Waals surface area (Å²) < 4.78 is 5.57. The summed E-state index contributed by atoms with van der Waals surface area (Å²) in [4.78, 5) is 20.2. The summed E-state index contributed by atoms with van der Waals surface area (Å²) in [7, 11) is 0. The molecule has 21 heavy (non-hydrogen) atoms. The number of hydrogen-bond acceptors (Lipinski definition) is 6. The second-order valence-corrected chi connectivity index (χ2v) is 4.63. The molecule has 0 bridgehead atoms. The Morgan fingerprint density at radius 3 is 2.90 bits per heavy atom. The van der Waals surface area contributed by atoms with Crippen molar-refractivity contribution < 1.29 is 9.53 Å². The minimum atomic E-state index is -0.271. The number of nitrogens with two attached hydrogens (primary N) is 1. The molecule has 1 aliphatic rings. The normalized spacial score (nSPS) is 16.5. The standard InChI is InChI=1S/C14H15N5O2/c15-19-13-8-16-11(7-17-13)14(20)18-10-5-6-21-12-4-2-1-3-9(10)12/h1-4,7-8,10H,5-6,15H2,(H,17,19)(H,18,20). The van der Waals surface area contributed by atoms with Gasteiger partial charge in [0.2, 0.25) is 0 Å². The first-order chi connectivity index (χ1) is 10.3. The third-order valence-corrected chi connectivity index (χ3v) is 3.30. The van der Waals surface area contributed by atoms with E-state index in [-0.39, 0.29) is 17.6 Å². The number of para-hydroxylation sites is 1. The molecule has 0 fully saturated rings. The number of amides is 1. The van der Waals surface area contributed by atoms with Gasteiger partial charge in [-0.3, -0.25) is 4.79 Å². The van der Waals surface area contributed by atoms with Gasteiger partial charge in [0.1, 0.15) is 11.4 Å². The van der Waals surface area contributed by atoms with Crippen molar-refractivity contribution in [2.24, 2.45) is 5.84 Å². The molecular weight excluding hydrogens is 270 g/mol. The molecule has 2 aromatic rings. The van der Waals surface area contributed by atoms with Gasteiger partial charge in [-0.2, -0.15) is 0 Å². The summed E-state index contributed by atoms with van der Waals surface area (Å²) in [5, 5.41) is 2.96. The average molecular weight is 285 g/mol. The van der Waals surface area contributed by atoms with Crippen LogP contribution in [0.5, 0.6) is 5.75 Å². The number of carbonyl (C=O) groups excluding carboxylic acids is 1. The zero-order chi connectivity index (χ0) is 14.7. The van der Waals surface area contributed by atoms with E-state index in [9.17, 15) is 4.79 Å². The molecule has 0 saturated heterocycles. The van der Waals surface area contributed by atoms with Crippen molar-refractivity contribution in [1.29, 1.82) is 0 Å². The van der Waals surface area contributed by atoms with Gasteiger partial charge in [-0.15, -0.1) is 0 Å². The Morgan fingerprint density at radius 2 is 2.14 bits per heavy atom. The molecule has 1 aliphatic heterocycles. The highest BCUT2D eigenvalue weighted by Crippen LogP contribution is 2.31. The van der Waals surface area contributed by atoms with E-state index in [0.717, 1.165) is 17.7 Å². The summed E-state index contributed by atoms with van der Waals surface area (Å²) in [6.45, 7) is 0.573. The number of hydrazine groups is 1. The number of carbonyl (C=O) groups is 1. The molecule has 0 saturated carbocycles. The van der Waals surface area contributed by atoms with Gasteiger partial charge in [0.05, 0.1) is 25.0 Å². The molecule has 1 aromatic carbocycles. The number of ether oxygens (including phenoxy) is 1. The van der Waals surface area contributed by atoms with Crippen molar-refractivity contribution in [3.63, 3.8) is 0 Å². The lowest BCUT2D eigenvalue weighted by Gasteiger charge is -2.26. The maximum atomic E-state index is 12.2. The summed E-state index contributed by atoms with van der Waals surface area (Å²) in [6, 6.07) is 7.60. The van der Waals surface area contributed by atoms with Crippen LogP contribution in [0.4, 0.5) is 5.82 Å². The van der Waals surface area contributed by atoms with Gasteiger partial charge in [-0.05, 0) is 6.07 Å². The highest BCUT2D eigenvalue weighted by molar-refractivity contribution is 5.92. The summed E-state index contributed by atoms with van der Waals surface area (Å²) in [5.41, 5.74) is 3.59. The van der Waals surface area contributed by atoms with Gasteiger partial charge in [-0.1, -0.05) is 18.2 Å². The topological polar surface area (TPSA) is 102 Å². The molecule has 3 rings (SSSR count). The Labute approximate surface area is 121 Å². The minimum absolute atomic E-state index is 0.0865. The molecular formula is C14H15N5O2. The predicted molar refractivity (Wildman–Crippen MR) is 76.6 cm³/mol. The van der Waals surface area contributed by atoms with Crippen molar-refractivity contribution in [2.75, 3.05) is 12.0 Å². The predicted octanol–water partition coefficient (Wildman–Crippen LogP) is 1.02. The van der Waals surface area contributed by atoms with Crippen LogP contribution < -0.4 is 21.3 Å². The molecule has 7 heteroatoms. The quantitative estimate of drug-likeness (QED) is 0.574. The molecule has 1 unspecified atom stereocenters. The number of nitrogens with zero attached hydrogens (tertiary/aromatic N) is 2.